The Bertz CT molecular complexity index is 599. The summed E-state index contributed by atoms with van der Waals surface area (Å²) in [5.74, 6) is 0. The van der Waals surface area contributed by atoms with E-state index in [1.807, 2.05) is 0 Å². The van der Waals surface area contributed by atoms with Crippen LogP contribution in [0.2, 0.25) is 0 Å². The lowest BCUT2D eigenvalue weighted by Gasteiger charge is -2.02. The highest BCUT2D eigenvalue weighted by Crippen LogP contribution is 2.26. The predicted octanol–water partition coefficient (Wildman–Crippen LogP) is 3.24. The number of aromatic nitrogens is 3. The molecule has 0 saturated heterocycles. The molecule has 94 valence electrons. The third kappa shape index (κ3) is 2.51. The van der Waals surface area contributed by atoms with Crippen molar-refractivity contribution in [1.82, 2.24) is 15.0 Å². The molecule has 0 fully saturated rings. The van der Waals surface area contributed by atoms with Crippen LogP contribution in [0.1, 0.15) is 18.0 Å². The van der Waals surface area contributed by atoms with E-state index in [9.17, 15) is 10.1 Å². The van der Waals surface area contributed by atoms with Crippen molar-refractivity contribution in [1.29, 1.82) is 0 Å². The van der Waals surface area contributed by atoms with Crippen LogP contribution in [0.3, 0.4) is 0 Å². The van der Waals surface area contributed by atoms with Crippen molar-refractivity contribution in [3.8, 4) is 5.69 Å². The first kappa shape index (κ1) is 13.0. The van der Waals surface area contributed by atoms with E-state index in [0.29, 0.717) is 15.9 Å². The maximum Gasteiger partial charge on any atom is 0.270 e. The fraction of sp³-hybridized carbons (Fsp3) is 0.200. The molecule has 1 aromatic heterocycles. The molecule has 8 heteroatoms. The molecular formula is C10H8BrClN4O2. The summed E-state index contributed by atoms with van der Waals surface area (Å²) < 4.78 is 2.08. The summed E-state index contributed by atoms with van der Waals surface area (Å²) in [4.78, 5) is 10.2. The number of rotatable bonds is 3. The lowest BCUT2D eigenvalue weighted by molar-refractivity contribution is -0.384. The number of halogens is 2. The van der Waals surface area contributed by atoms with Crippen molar-refractivity contribution in [2.45, 2.75) is 12.3 Å². The van der Waals surface area contributed by atoms with E-state index in [1.54, 1.807) is 19.2 Å². The lowest BCUT2D eigenvalue weighted by Crippen LogP contribution is -1.97. The number of non-ortho nitro benzene ring substituents is 1. The zero-order chi connectivity index (χ0) is 13.3. The maximum atomic E-state index is 10.6. The number of nitrogens with zero attached hydrogens (tertiary/aromatic N) is 4. The van der Waals surface area contributed by atoms with Gasteiger partial charge in [0.05, 0.1) is 26.7 Å². The molecule has 18 heavy (non-hydrogen) atoms. The Morgan fingerprint density at radius 2 is 2.28 bits per heavy atom. The molecule has 0 saturated carbocycles. The van der Waals surface area contributed by atoms with Crippen LogP contribution in [-0.4, -0.2) is 19.9 Å². The number of nitro benzene ring substituents is 1. The Balaban J connectivity index is 2.41. The lowest BCUT2D eigenvalue weighted by atomic mass is 10.3. The van der Waals surface area contributed by atoms with Gasteiger partial charge in [-0.2, -0.15) is 0 Å². The number of hydrogen-bond acceptors (Lipinski definition) is 4. The van der Waals surface area contributed by atoms with Crippen LogP contribution in [0.4, 0.5) is 5.69 Å². The van der Waals surface area contributed by atoms with Crippen LogP contribution in [0, 0.1) is 10.1 Å². The fourth-order valence-corrected chi connectivity index (χ4v) is 2.02. The molecule has 6 nitrogen and oxygen atoms in total. The second-order valence-corrected chi connectivity index (χ2v) is 5.11. The quantitative estimate of drug-likeness (QED) is 0.491. The van der Waals surface area contributed by atoms with Crippen LogP contribution in [0.15, 0.2) is 28.9 Å². The van der Waals surface area contributed by atoms with Gasteiger partial charge in [-0.15, -0.1) is 16.7 Å². The van der Waals surface area contributed by atoms with E-state index in [1.165, 1.54) is 16.8 Å². The van der Waals surface area contributed by atoms with Gasteiger partial charge < -0.3 is 0 Å². The average molecular weight is 332 g/mol. The molecule has 1 atom stereocenters. The number of nitro groups is 1. The van der Waals surface area contributed by atoms with Crippen LogP contribution >= 0.6 is 27.5 Å². The zero-order valence-electron chi connectivity index (χ0n) is 9.25. The molecule has 0 N–H and O–H groups in total. The van der Waals surface area contributed by atoms with E-state index in [-0.39, 0.29) is 11.1 Å². The SMILES string of the molecule is CC(Cl)c1cn(-c2ccc([N+](=O)[O-])cc2Br)nn1. The standard InChI is InChI=1S/C10H8BrClN4O2/c1-6(12)9-5-15(14-13-9)10-3-2-7(16(17)18)4-8(10)11/h2-6H,1H3. The second kappa shape index (κ2) is 5.03. The topological polar surface area (TPSA) is 73.8 Å². The molecule has 1 aromatic carbocycles. The predicted molar refractivity (Wildman–Crippen MR) is 70.0 cm³/mol. The minimum Gasteiger partial charge on any atom is -0.258 e. The zero-order valence-corrected chi connectivity index (χ0v) is 11.6. The van der Waals surface area contributed by atoms with E-state index in [0.717, 1.165) is 0 Å². The Hall–Kier alpha value is -1.47. The van der Waals surface area contributed by atoms with E-state index >= 15 is 0 Å². The van der Waals surface area contributed by atoms with Gasteiger partial charge in [0.1, 0.15) is 5.69 Å². The van der Waals surface area contributed by atoms with Crippen LogP contribution in [-0.2, 0) is 0 Å². The summed E-state index contributed by atoms with van der Waals surface area (Å²) in [6.45, 7) is 1.79. The fourth-order valence-electron chi connectivity index (χ4n) is 1.37. The molecule has 2 aromatic rings. The van der Waals surface area contributed by atoms with Crippen LogP contribution in [0.5, 0.6) is 0 Å². The van der Waals surface area contributed by atoms with Gasteiger partial charge in [0.15, 0.2) is 0 Å². The highest BCUT2D eigenvalue weighted by molar-refractivity contribution is 9.10. The summed E-state index contributed by atoms with van der Waals surface area (Å²) >= 11 is 9.17. The Morgan fingerprint density at radius 1 is 1.56 bits per heavy atom. The van der Waals surface area contributed by atoms with Gasteiger partial charge >= 0.3 is 0 Å². The maximum absolute atomic E-state index is 10.6. The molecule has 0 amide bonds. The summed E-state index contributed by atoms with van der Waals surface area (Å²) in [6.07, 6.45) is 1.68. The third-order valence-electron chi connectivity index (χ3n) is 2.31. The van der Waals surface area contributed by atoms with Gasteiger partial charge in [-0.25, -0.2) is 4.68 Å². The van der Waals surface area contributed by atoms with Gasteiger partial charge in [-0.1, -0.05) is 5.21 Å². The molecule has 0 spiro atoms. The number of benzene rings is 1. The monoisotopic (exact) mass is 330 g/mol. The van der Waals surface area contributed by atoms with Crippen LogP contribution < -0.4 is 0 Å². The normalized spacial score (nSPS) is 12.4. The van der Waals surface area contributed by atoms with Crippen molar-refractivity contribution < 1.29 is 4.92 Å². The van der Waals surface area contributed by atoms with Gasteiger partial charge in [-0.05, 0) is 28.9 Å². The first-order valence-corrected chi connectivity index (χ1v) is 6.22. The van der Waals surface area contributed by atoms with Crippen molar-refractivity contribution in [2.24, 2.45) is 0 Å². The van der Waals surface area contributed by atoms with E-state index in [4.69, 9.17) is 11.6 Å². The second-order valence-electron chi connectivity index (χ2n) is 3.60. The third-order valence-corrected chi connectivity index (χ3v) is 3.17. The van der Waals surface area contributed by atoms with Crippen molar-refractivity contribution >= 4 is 33.2 Å². The number of alkyl halides is 1. The van der Waals surface area contributed by atoms with Crippen molar-refractivity contribution in [3.63, 3.8) is 0 Å². The minimum absolute atomic E-state index is 0.0108. The highest BCUT2D eigenvalue weighted by atomic mass is 79.9. The average Bonchev–Trinajstić information content (AvgIpc) is 2.78. The first-order valence-electron chi connectivity index (χ1n) is 4.99. The molecule has 1 heterocycles. The first-order chi connectivity index (χ1) is 8.49. The van der Waals surface area contributed by atoms with E-state index < -0.39 is 4.92 Å². The molecule has 0 radical (unpaired) electrons. The number of hydrogen-bond donors (Lipinski definition) is 0. The summed E-state index contributed by atoms with van der Waals surface area (Å²) in [5, 5.41) is 18.2. The summed E-state index contributed by atoms with van der Waals surface area (Å²) in [5.41, 5.74) is 1.32. The Morgan fingerprint density at radius 3 is 2.78 bits per heavy atom. The van der Waals surface area contributed by atoms with Crippen molar-refractivity contribution in [3.05, 3.63) is 44.7 Å². The molecule has 1 unspecified atom stereocenters. The Kier molecular flexibility index (Phi) is 3.63. The molecule has 0 aliphatic rings. The molecule has 2 rings (SSSR count). The molecule has 0 aliphatic carbocycles. The van der Waals surface area contributed by atoms with Gasteiger partial charge in [-0.3, -0.25) is 10.1 Å². The Labute approximate surface area is 116 Å². The van der Waals surface area contributed by atoms with Crippen LogP contribution in [0.25, 0.3) is 5.69 Å². The van der Waals surface area contributed by atoms with Gasteiger partial charge in [0.2, 0.25) is 0 Å². The van der Waals surface area contributed by atoms with Crippen molar-refractivity contribution in [2.75, 3.05) is 0 Å². The van der Waals surface area contributed by atoms with Gasteiger partial charge in [0, 0.05) is 12.1 Å². The molecule has 0 bridgehead atoms. The minimum atomic E-state index is -0.456. The van der Waals surface area contributed by atoms with E-state index in [2.05, 4.69) is 26.2 Å². The smallest absolute Gasteiger partial charge is 0.258 e. The van der Waals surface area contributed by atoms with Gasteiger partial charge in [0.25, 0.3) is 5.69 Å². The molecular weight excluding hydrogens is 323 g/mol. The summed E-state index contributed by atoms with van der Waals surface area (Å²) in [6, 6.07) is 4.42. The summed E-state index contributed by atoms with van der Waals surface area (Å²) in [7, 11) is 0. The molecule has 0 aliphatic heterocycles. The largest absolute Gasteiger partial charge is 0.270 e. The highest BCUT2D eigenvalue weighted by Gasteiger charge is 2.13.